The molecule has 0 atom stereocenters. The fourth-order valence-electron chi connectivity index (χ4n) is 4.17. The SMILES string of the molecule is CCCO[C@H]1CC[C@H]([C@H]2CC[C@H](C=CCCF)CC2)CC1. The monoisotopic (exact) mass is 296 g/mol. The van der Waals surface area contributed by atoms with Crippen molar-refractivity contribution in [3.8, 4) is 0 Å². The molecule has 2 rings (SSSR count). The lowest BCUT2D eigenvalue weighted by molar-refractivity contribution is 0.00796. The van der Waals surface area contributed by atoms with Crippen LogP contribution in [0.25, 0.3) is 0 Å². The van der Waals surface area contributed by atoms with E-state index in [9.17, 15) is 4.39 Å². The van der Waals surface area contributed by atoms with Crippen LogP contribution < -0.4 is 0 Å². The zero-order valence-electron chi connectivity index (χ0n) is 13.7. The van der Waals surface area contributed by atoms with E-state index in [1.54, 1.807) is 0 Å². The number of alkyl halides is 1. The van der Waals surface area contributed by atoms with E-state index >= 15 is 0 Å². The van der Waals surface area contributed by atoms with E-state index in [1.165, 1.54) is 51.4 Å². The van der Waals surface area contributed by atoms with Crippen molar-refractivity contribution < 1.29 is 9.13 Å². The van der Waals surface area contributed by atoms with Crippen LogP contribution in [0.4, 0.5) is 4.39 Å². The number of halogens is 1. The molecule has 0 heterocycles. The van der Waals surface area contributed by atoms with Crippen LogP contribution in [0.3, 0.4) is 0 Å². The van der Waals surface area contributed by atoms with Crippen LogP contribution in [-0.2, 0) is 4.74 Å². The Labute approximate surface area is 130 Å². The lowest BCUT2D eigenvalue weighted by atomic mass is 9.70. The van der Waals surface area contributed by atoms with Crippen molar-refractivity contribution in [2.75, 3.05) is 13.3 Å². The van der Waals surface area contributed by atoms with E-state index in [4.69, 9.17) is 4.74 Å². The molecule has 0 aliphatic heterocycles. The third kappa shape index (κ3) is 5.73. The zero-order valence-corrected chi connectivity index (χ0v) is 13.7. The van der Waals surface area contributed by atoms with Crippen molar-refractivity contribution in [1.29, 1.82) is 0 Å². The molecular weight excluding hydrogens is 263 g/mol. The largest absolute Gasteiger partial charge is 0.378 e. The van der Waals surface area contributed by atoms with E-state index in [2.05, 4.69) is 13.0 Å². The maximum atomic E-state index is 12.1. The highest BCUT2D eigenvalue weighted by Gasteiger charge is 2.30. The summed E-state index contributed by atoms with van der Waals surface area (Å²) in [4.78, 5) is 0. The summed E-state index contributed by atoms with van der Waals surface area (Å²) in [6.07, 6.45) is 17.3. The Kier molecular flexibility index (Phi) is 7.77. The number of allylic oxidation sites excluding steroid dienone is 2. The number of hydrogen-bond donors (Lipinski definition) is 0. The van der Waals surface area contributed by atoms with E-state index in [0.717, 1.165) is 30.8 Å². The van der Waals surface area contributed by atoms with Gasteiger partial charge in [0, 0.05) is 6.61 Å². The predicted molar refractivity (Wildman–Crippen MR) is 87.2 cm³/mol. The van der Waals surface area contributed by atoms with Crippen LogP contribution in [0.2, 0.25) is 0 Å². The van der Waals surface area contributed by atoms with Crippen molar-refractivity contribution >= 4 is 0 Å². The second-order valence-electron chi connectivity index (χ2n) is 6.99. The standard InChI is InChI=1S/C19H33FO/c1-2-15-21-19-12-10-18(11-13-19)17-8-6-16(7-9-17)5-3-4-14-20/h3,5,16-19H,2,4,6-15H2,1H3/t16-,17-,18-,19-. The fraction of sp³-hybridized carbons (Fsp3) is 0.895. The lowest BCUT2D eigenvalue weighted by Crippen LogP contribution is -2.28. The van der Waals surface area contributed by atoms with Crippen LogP contribution in [-0.4, -0.2) is 19.4 Å². The molecule has 2 fully saturated rings. The molecule has 2 aliphatic carbocycles. The van der Waals surface area contributed by atoms with Gasteiger partial charge < -0.3 is 4.74 Å². The van der Waals surface area contributed by atoms with Gasteiger partial charge in [-0.05, 0) is 82.0 Å². The van der Waals surface area contributed by atoms with Gasteiger partial charge in [0.15, 0.2) is 0 Å². The van der Waals surface area contributed by atoms with Gasteiger partial charge in [0.2, 0.25) is 0 Å². The average molecular weight is 296 g/mol. The Morgan fingerprint density at radius 2 is 1.57 bits per heavy atom. The highest BCUT2D eigenvalue weighted by molar-refractivity contribution is 4.92. The minimum Gasteiger partial charge on any atom is -0.378 e. The van der Waals surface area contributed by atoms with Gasteiger partial charge in [-0.1, -0.05) is 19.1 Å². The molecule has 2 aliphatic rings. The van der Waals surface area contributed by atoms with Crippen LogP contribution in [0.5, 0.6) is 0 Å². The molecule has 21 heavy (non-hydrogen) atoms. The van der Waals surface area contributed by atoms with E-state index in [-0.39, 0.29) is 6.67 Å². The summed E-state index contributed by atoms with van der Waals surface area (Å²) in [5, 5.41) is 0. The van der Waals surface area contributed by atoms with Crippen molar-refractivity contribution in [2.24, 2.45) is 17.8 Å². The molecule has 0 aromatic heterocycles. The summed E-state index contributed by atoms with van der Waals surface area (Å²) in [6, 6.07) is 0. The van der Waals surface area contributed by atoms with Crippen molar-refractivity contribution in [1.82, 2.24) is 0 Å². The van der Waals surface area contributed by atoms with E-state index in [0.29, 0.717) is 12.5 Å². The molecule has 0 saturated heterocycles. The molecule has 0 amide bonds. The van der Waals surface area contributed by atoms with E-state index < -0.39 is 0 Å². The summed E-state index contributed by atoms with van der Waals surface area (Å²) in [7, 11) is 0. The van der Waals surface area contributed by atoms with Crippen LogP contribution in [0.1, 0.15) is 71.1 Å². The first-order chi connectivity index (χ1) is 10.3. The molecule has 0 aromatic rings. The molecule has 0 aromatic carbocycles. The summed E-state index contributed by atoms with van der Waals surface area (Å²) >= 11 is 0. The van der Waals surface area contributed by atoms with Crippen molar-refractivity contribution in [3.05, 3.63) is 12.2 Å². The summed E-state index contributed by atoms with van der Waals surface area (Å²) in [5.41, 5.74) is 0. The van der Waals surface area contributed by atoms with Gasteiger partial charge in [-0.25, -0.2) is 0 Å². The first-order valence-corrected chi connectivity index (χ1v) is 9.17. The third-order valence-electron chi connectivity index (χ3n) is 5.44. The van der Waals surface area contributed by atoms with Gasteiger partial charge in [0.1, 0.15) is 0 Å². The lowest BCUT2D eigenvalue weighted by Gasteiger charge is -2.37. The minimum atomic E-state index is -0.213. The second-order valence-corrected chi connectivity index (χ2v) is 6.99. The maximum Gasteiger partial charge on any atom is 0.0928 e. The Balaban J connectivity index is 1.64. The molecule has 0 bridgehead atoms. The number of rotatable bonds is 7. The Morgan fingerprint density at radius 3 is 2.14 bits per heavy atom. The molecule has 122 valence electrons. The van der Waals surface area contributed by atoms with Crippen molar-refractivity contribution in [3.63, 3.8) is 0 Å². The van der Waals surface area contributed by atoms with Gasteiger partial charge >= 0.3 is 0 Å². The Hall–Kier alpha value is -0.370. The normalized spacial score (nSPS) is 34.4. The number of ether oxygens (including phenoxy) is 1. The highest BCUT2D eigenvalue weighted by Crippen LogP contribution is 2.40. The van der Waals surface area contributed by atoms with Gasteiger partial charge in [-0.2, -0.15) is 0 Å². The molecule has 0 radical (unpaired) electrons. The molecule has 2 heteroatoms. The quantitative estimate of drug-likeness (QED) is 0.548. The van der Waals surface area contributed by atoms with Crippen molar-refractivity contribution in [2.45, 2.75) is 77.2 Å². The number of hydrogen-bond acceptors (Lipinski definition) is 1. The van der Waals surface area contributed by atoms with E-state index in [1.807, 2.05) is 6.08 Å². The zero-order chi connectivity index (χ0) is 14.9. The predicted octanol–water partition coefficient (Wildman–Crippen LogP) is 5.69. The molecule has 0 unspecified atom stereocenters. The molecule has 0 spiro atoms. The molecular formula is C19H33FO. The maximum absolute atomic E-state index is 12.1. The fourth-order valence-corrected chi connectivity index (χ4v) is 4.17. The van der Waals surface area contributed by atoms with Crippen LogP contribution in [0, 0.1) is 17.8 Å². The molecule has 1 nitrogen and oxygen atoms in total. The van der Waals surface area contributed by atoms with Gasteiger partial charge in [-0.15, -0.1) is 0 Å². The van der Waals surface area contributed by atoms with Crippen LogP contribution in [0.15, 0.2) is 12.2 Å². The smallest absolute Gasteiger partial charge is 0.0928 e. The first kappa shape index (κ1) is 17.0. The molecule has 0 N–H and O–H groups in total. The minimum absolute atomic E-state index is 0.213. The van der Waals surface area contributed by atoms with Gasteiger partial charge in [0.25, 0.3) is 0 Å². The van der Waals surface area contributed by atoms with Gasteiger partial charge in [0.05, 0.1) is 12.8 Å². The Morgan fingerprint density at radius 1 is 0.952 bits per heavy atom. The third-order valence-corrected chi connectivity index (χ3v) is 5.44. The van der Waals surface area contributed by atoms with Crippen LogP contribution >= 0.6 is 0 Å². The summed E-state index contributed by atoms with van der Waals surface area (Å²) in [5.74, 6) is 2.61. The summed E-state index contributed by atoms with van der Waals surface area (Å²) < 4.78 is 18.0. The molecule has 2 saturated carbocycles. The topological polar surface area (TPSA) is 9.23 Å². The summed E-state index contributed by atoms with van der Waals surface area (Å²) in [6.45, 7) is 2.91. The average Bonchev–Trinajstić information content (AvgIpc) is 2.54. The second kappa shape index (κ2) is 9.61. The Bertz CT molecular complexity index is 286. The first-order valence-electron chi connectivity index (χ1n) is 9.17. The van der Waals surface area contributed by atoms with Gasteiger partial charge in [-0.3, -0.25) is 4.39 Å². The highest BCUT2D eigenvalue weighted by atomic mass is 19.1.